The molecule has 102 valence electrons. The van der Waals surface area contributed by atoms with E-state index < -0.39 is 0 Å². The van der Waals surface area contributed by atoms with E-state index in [1.165, 1.54) is 0 Å². The zero-order chi connectivity index (χ0) is 13.7. The van der Waals surface area contributed by atoms with Crippen molar-refractivity contribution in [1.82, 2.24) is 0 Å². The number of carbonyl (C=O) groups excluding carboxylic acids is 2. The molecular formula is C16H20O3. The van der Waals surface area contributed by atoms with Gasteiger partial charge in [-0.05, 0) is 25.0 Å². The van der Waals surface area contributed by atoms with E-state index in [2.05, 4.69) is 0 Å². The molecule has 0 amide bonds. The molecule has 0 radical (unpaired) electrons. The molecule has 1 atom stereocenters. The molecule has 0 aromatic heterocycles. The molecular weight excluding hydrogens is 240 g/mol. The van der Waals surface area contributed by atoms with Crippen molar-refractivity contribution >= 4 is 11.6 Å². The fraction of sp³-hybridized carbons (Fsp3) is 0.500. The molecule has 1 fully saturated rings. The van der Waals surface area contributed by atoms with E-state index >= 15 is 0 Å². The van der Waals surface area contributed by atoms with Crippen LogP contribution >= 0.6 is 0 Å². The maximum atomic E-state index is 12.2. The van der Waals surface area contributed by atoms with Crippen LogP contribution in [0.15, 0.2) is 24.3 Å². The Labute approximate surface area is 114 Å². The Hall–Kier alpha value is -1.64. The predicted octanol–water partition coefficient (Wildman–Crippen LogP) is 3.42. The average molecular weight is 260 g/mol. The van der Waals surface area contributed by atoms with Crippen molar-refractivity contribution in [2.45, 2.75) is 38.5 Å². The molecule has 0 spiro atoms. The molecule has 0 heterocycles. The molecule has 19 heavy (non-hydrogen) atoms. The molecule has 1 saturated carbocycles. The Bertz CT molecular complexity index is 465. The van der Waals surface area contributed by atoms with Gasteiger partial charge in [-0.3, -0.25) is 9.59 Å². The lowest BCUT2D eigenvalue weighted by Gasteiger charge is -2.12. The summed E-state index contributed by atoms with van der Waals surface area (Å²) in [5, 5.41) is 0. The van der Waals surface area contributed by atoms with Gasteiger partial charge in [-0.1, -0.05) is 25.0 Å². The van der Waals surface area contributed by atoms with Gasteiger partial charge in [0.2, 0.25) is 0 Å². The topological polar surface area (TPSA) is 43.4 Å². The van der Waals surface area contributed by atoms with Crippen LogP contribution in [0.4, 0.5) is 0 Å². The summed E-state index contributed by atoms with van der Waals surface area (Å²) in [7, 11) is 1.58. The first-order valence-corrected chi connectivity index (χ1v) is 6.90. The van der Waals surface area contributed by atoms with Crippen LogP contribution in [-0.4, -0.2) is 18.7 Å². The summed E-state index contributed by atoms with van der Waals surface area (Å²) in [4.78, 5) is 24.2. The second kappa shape index (κ2) is 6.50. The Kier molecular flexibility index (Phi) is 4.72. The summed E-state index contributed by atoms with van der Waals surface area (Å²) < 4.78 is 5.12. The highest BCUT2D eigenvalue weighted by Gasteiger charge is 2.23. The monoisotopic (exact) mass is 260 g/mol. The lowest BCUT2D eigenvalue weighted by Crippen LogP contribution is -2.17. The second-order valence-corrected chi connectivity index (χ2v) is 5.12. The number of ether oxygens (including phenoxy) is 1. The molecule has 1 aliphatic carbocycles. The summed E-state index contributed by atoms with van der Waals surface area (Å²) in [6.07, 6.45) is 4.97. The molecule has 2 rings (SSSR count). The predicted molar refractivity (Wildman–Crippen MR) is 73.5 cm³/mol. The van der Waals surface area contributed by atoms with Gasteiger partial charge in [-0.2, -0.15) is 0 Å². The third-order valence-corrected chi connectivity index (χ3v) is 3.75. The van der Waals surface area contributed by atoms with Crippen LogP contribution in [0.25, 0.3) is 0 Å². The number of methoxy groups -OCH3 is 1. The molecule has 1 aromatic carbocycles. The van der Waals surface area contributed by atoms with E-state index in [4.69, 9.17) is 4.74 Å². The highest BCUT2D eigenvalue weighted by molar-refractivity contribution is 5.99. The summed E-state index contributed by atoms with van der Waals surface area (Å²) in [5.41, 5.74) is 0.636. The van der Waals surface area contributed by atoms with Crippen LogP contribution in [0.2, 0.25) is 0 Å². The van der Waals surface area contributed by atoms with Crippen LogP contribution < -0.4 is 4.74 Å². The summed E-state index contributed by atoms with van der Waals surface area (Å²) >= 11 is 0. The molecule has 1 aliphatic rings. The molecule has 0 bridgehead atoms. The first kappa shape index (κ1) is 13.8. The molecule has 1 unspecified atom stereocenters. The van der Waals surface area contributed by atoms with Crippen molar-refractivity contribution in [1.29, 1.82) is 0 Å². The second-order valence-electron chi connectivity index (χ2n) is 5.12. The number of rotatable bonds is 4. The van der Waals surface area contributed by atoms with Crippen molar-refractivity contribution in [2.75, 3.05) is 7.11 Å². The van der Waals surface area contributed by atoms with Gasteiger partial charge < -0.3 is 4.74 Å². The SMILES string of the molecule is COc1cccc(C(=O)CC2CCCCCC2=O)c1. The zero-order valence-corrected chi connectivity index (χ0v) is 11.4. The third kappa shape index (κ3) is 3.66. The maximum absolute atomic E-state index is 12.2. The van der Waals surface area contributed by atoms with E-state index in [0.29, 0.717) is 24.2 Å². The van der Waals surface area contributed by atoms with Crippen molar-refractivity contribution in [2.24, 2.45) is 5.92 Å². The number of hydrogen-bond donors (Lipinski definition) is 0. The highest BCUT2D eigenvalue weighted by Crippen LogP contribution is 2.25. The van der Waals surface area contributed by atoms with Crippen LogP contribution in [0.1, 0.15) is 48.9 Å². The Morgan fingerprint density at radius 3 is 2.95 bits per heavy atom. The fourth-order valence-electron chi connectivity index (χ4n) is 2.59. The van der Waals surface area contributed by atoms with Gasteiger partial charge >= 0.3 is 0 Å². The van der Waals surface area contributed by atoms with Crippen molar-refractivity contribution in [3.63, 3.8) is 0 Å². The van der Waals surface area contributed by atoms with Crippen LogP contribution in [-0.2, 0) is 4.79 Å². The van der Waals surface area contributed by atoms with E-state index in [1.54, 1.807) is 25.3 Å². The Morgan fingerprint density at radius 2 is 2.16 bits per heavy atom. The quantitative estimate of drug-likeness (QED) is 0.615. The Balaban J connectivity index is 2.04. The zero-order valence-electron chi connectivity index (χ0n) is 11.4. The molecule has 3 heteroatoms. The smallest absolute Gasteiger partial charge is 0.163 e. The molecule has 0 N–H and O–H groups in total. The van der Waals surface area contributed by atoms with Crippen LogP contribution in [0.3, 0.4) is 0 Å². The van der Waals surface area contributed by atoms with Gasteiger partial charge in [0, 0.05) is 24.3 Å². The average Bonchev–Trinajstić information content (AvgIpc) is 2.64. The van der Waals surface area contributed by atoms with Crippen molar-refractivity contribution in [3.8, 4) is 5.75 Å². The minimum absolute atomic E-state index is 0.0409. The van der Waals surface area contributed by atoms with Gasteiger partial charge in [0.1, 0.15) is 11.5 Å². The van der Waals surface area contributed by atoms with Gasteiger partial charge in [0.15, 0.2) is 5.78 Å². The standard InChI is InChI=1S/C16H20O3/c1-19-14-8-5-7-12(10-14)16(18)11-13-6-3-2-4-9-15(13)17/h5,7-8,10,13H,2-4,6,9,11H2,1H3. The van der Waals surface area contributed by atoms with Gasteiger partial charge in [-0.25, -0.2) is 0 Å². The van der Waals surface area contributed by atoms with E-state index in [1.807, 2.05) is 6.07 Å². The lowest BCUT2D eigenvalue weighted by molar-refractivity contribution is -0.122. The first-order chi connectivity index (χ1) is 9.20. The summed E-state index contributed by atoms with van der Waals surface area (Å²) in [6.45, 7) is 0. The first-order valence-electron chi connectivity index (χ1n) is 6.90. The summed E-state index contributed by atoms with van der Waals surface area (Å²) in [6, 6.07) is 7.14. The third-order valence-electron chi connectivity index (χ3n) is 3.75. The highest BCUT2D eigenvalue weighted by atomic mass is 16.5. The van der Waals surface area contributed by atoms with E-state index in [-0.39, 0.29) is 17.5 Å². The molecule has 0 aliphatic heterocycles. The minimum Gasteiger partial charge on any atom is -0.497 e. The number of benzene rings is 1. The number of carbonyl (C=O) groups is 2. The number of hydrogen-bond acceptors (Lipinski definition) is 3. The van der Waals surface area contributed by atoms with E-state index in [9.17, 15) is 9.59 Å². The molecule has 3 nitrogen and oxygen atoms in total. The largest absolute Gasteiger partial charge is 0.497 e. The van der Waals surface area contributed by atoms with Gasteiger partial charge in [-0.15, -0.1) is 0 Å². The lowest BCUT2D eigenvalue weighted by atomic mass is 9.91. The van der Waals surface area contributed by atoms with Crippen molar-refractivity contribution < 1.29 is 14.3 Å². The minimum atomic E-state index is -0.0822. The van der Waals surface area contributed by atoms with E-state index in [0.717, 1.165) is 25.7 Å². The summed E-state index contributed by atoms with van der Waals surface area (Å²) in [5.74, 6) is 0.896. The maximum Gasteiger partial charge on any atom is 0.163 e. The van der Waals surface area contributed by atoms with Crippen LogP contribution in [0.5, 0.6) is 5.75 Å². The number of Topliss-reactive ketones (excluding diaryl/α,β-unsaturated/α-hetero) is 2. The molecule has 1 aromatic rings. The van der Waals surface area contributed by atoms with Crippen molar-refractivity contribution in [3.05, 3.63) is 29.8 Å². The normalized spacial score (nSPS) is 19.8. The number of ketones is 2. The Morgan fingerprint density at radius 1 is 1.32 bits per heavy atom. The van der Waals surface area contributed by atoms with Crippen LogP contribution in [0, 0.1) is 5.92 Å². The van der Waals surface area contributed by atoms with Gasteiger partial charge in [0.25, 0.3) is 0 Å². The molecule has 0 saturated heterocycles. The van der Waals surface area contributed by atoms with Gasteiger partial charge in [0.05, 0.1) is 7.11 Å². The fourth-order valence-corrected chi connectivity index (χ4v) is 2.59.